The number of hydrogen-bond donors (Lipinski definition) is 2. The third kappa shape index (κ3) is 0.973. The van der Waals surface area contributed by atoms with Crippen LogP contribution in [0.4, 0.5) is 0 Å². The van der Waals surface area contributed by atoms with Gasteiger partial charge in [0, 0.05) is 31.6 Å². The predicted molar refractivity (Wildman–Crippen MR) is 42.0 cm³/mol. The molecule has 62 valence electrons. The largest absolute Gasteiger partial charge is 0.408 e. The second-order valence-corrected chi connectivity index (χ2v) is 3.67. The lowest BCUT2D eigenvalue weighted by molar-refractivity contribution is 0.00718. The maximum Gasteiger partial charge on any atom is 0.236 e. The lowest BCUT2D eigenvalue weighted by Crippen LogP contribution is -2.71. The summed E-state index contributed by atoms with van der Waals surface area (Å²) < 4.78 is 0. The fraction of sp³-hybridized carbons (Fsp3) is 0.833. The second kappa shape index (κ2) is 2.25. The summed E-state index contributed by atoms with van der Waals surface area (Å²) >= 11 is 5.58. The van der Waals surface area contributed by atoms with E-state index in [1.807, 2.05) is 4.90 Å². The van der Waals surface area contributed by atoms with Gasteiger partial charge in [0.15, 0.2) is 0 Å². The normalized spacial score (nSPS) is 28.1. The van der Waals surface area contributed by atoms with E-state index in [0.717, 1.165) is 26.2 Å². The number of nitrogens with zero attached hydrogens (tertiary/aromatic N) is 2. The Hall–Kier alpha value is -0.480. The fourth-order valence-corrected chi connectivity index (χ4v) is 1.78. The van der Waals surface area contributed by atoms with Gasteiger partial charge in [0.1, 0.15) is 0 Å². The molecule has 2 saturated heterocycles. The van der Waals surface area contributed by atoms with Crippen molar-refractivity contribution in [2.45, 2.75) is 0 Å². The summed E-state index contributed by atoms with van der Waals surface area (Å²) in [4.78, 5) is 1.86. The quantitative estimate of drug-likeness (QED) is 0.177. The van der Waals surface area contributed by atoms with E-state index in [9.17, 15) is 0 Å². The van der Waals surface area contributed by atoms with Crippen LogP contribution in [0.1, 0.15) is 0 Å². The van der Waals surface area contributed by atoms with Crippen LogP contribution < -0.4 is 5.32 Å². The maximum absolute atomic E-state index is 8.33. The van der Waals surface area contributed by atoms with Gasteiger partial charge >= 0.3 is 0 Å². The van der Waals surface area contributed by atoms with E-state index in [2.05, 4.69) is 10.5 Å². The molecular weight excluding hydrogens is 166 g/mol. The first-order chi connectivity index (χ1) is 5.26. The molecule has 11 heavy (non-hydrogen) atoms. The van der Waals surface area contributed by atoms with Gasteiger partial charge in [0.25, 0.3) is 0 Å². The molecule has 0 aromatic carbocycles. The molecule has 2 N–H and O–H groups in total. The molecule has 0 aromatic rings. The van der Waals surface area contributed by atoms with E-state index in [-0.39, 0.29) is 5.29 Å². The van der Waals surface area contributed by atoms with Crippen LogP contribution in [0.5, 0.6) is 0 Å². The monoisotopic (exact) mass is 175 g/mol. The number of rotatable bonds is 0. The van der Waals surface area contributed by atoms with Gasteiger partial charge in [-0.15, -0.1) is 0 Å². The summed E-state index contributed by atoms with van der Waals surface area (Å²) in [6, 6.07) is 0. The smallest absolute Gasteiger partial charge is 0.236 e. The highest BCUT2D eigenvalue weighted by molar-refractivity contribution is 6.64. The van der Waals surface area contributed by atoms with Crippen molar-refractivity contribution in [3.05, 3.63) is 0 Å². The van der Waals surface area contributed by atoms with Crippen LogP contribution in [0.25, 0.3) is 0 Å². The number of likely N-dealkylation sites (tertiary alicyclic amines) is 1. The third-order valence-electron chi connectivity index (χ3n) is 2.40. The Labute approximate surface area is 69.8 Å². The Morgan fingerprint density at radius 1 is 1.55 bits per heavy atom. The summed E-state index contributed by atoms with van der Waals surface area (Å²) in [6.07, 6.45) is 0. The van der Waals surface area contributed by atoms with Gasteiger partial charge in [-0.1, -0.05) is 5.16 Å². The molecule has 0 saturated carbocycles. The van der Waals surface area contributed by atoms with Crippen LogP contribution in [0, 0.1) is 5.41 Å². The van der Waals surface area contributed by atoms with Crippen molar-refractivity contribution in [1.29, 1.82) is 0 Å². The highest BCUT2D eigenvalue weighted by Gasteiger charge is 2.48. The first-order valence-electron chi connectivity index (χ1n) is 3.59. The molecule has 2 heterocycles. The average molecular weight is 176 g/mol. The third-order valence-corrected chi connectivity index (χ3v) is 2.71. The van der Waals surface area contributed by atoms with Crippen LogP contribution in [0.2, 0.25) is 0 Å². The summed E-state index contributed by atoms with van der Waals surface area (Å²) in [5.41, 5.74) is 0.435. The Morgan fingerprint density at radius 3 is 2.55 bits per heavy atom. The molecule has 2 fully saturated rings. The summed E-state index contributed by atoms with van der Waals surface area (Å²) in [5, 5.41) is 14.7. The molecule has 5 heteroatoms. The van der Waals surface area contributed by atoms with Crippen molar-refractivity contribution in [3.8, 4) is 0 Å². The van der Waals surface area contributed by atoms with Crippen molar-refractivity contribution in [3.63, 3.8) is 0 Å². The van der Waals surface area contributed by atoms with Crippen LogP contribution in [0.15, 0.2) is 5.16 Å². The van der Waals surface area contributed by atoms with Crippen LogP contribution >= 0.6 is 11.6 Å². The Morgan fingerprint density at radius 2 is 2.18 bits per heavy atom. The van der Waals surface area contributed by atoms with Crippen molar-refractivity contribution in [2.75, 3.05) is 26.2 Å². The molecule has 1 spiro atoms. The molecular formula is C6H10ClN3O. The molecule has 2 rings (SSSR count). The zero-order valence-corrected chi connectivity index (χ0v) is 6.80. The summed E-state index contributed by atoms with van der Waals surface area (Å²) in [7, 11) is 0. The van der Waals surface area contributed by atoms with Crippen molar-refractivity contribution < 1.29 is 5.21 Å². The van der Waals surface area contributed by atoms with E-state index in [4.69, 9.17) is 16.8 Å². The van der Waals surface area contributed by atoms with Gasteiger partial charge in [0.05, 0.1) is 0 Å². The number of hydrogen-bond acceptors (Lipinski definition) is 3. The predicted octanol–water partition coefficient (Wildman–Crippen LogP) is -0.124. The van der Waals surface area contributed by atoms with Gasteiger partial charge in [0.2, 0.25) is 5.29 Å². The SMILES string of the molecule is O/N=C(/Cl)N1CC2(CNC2)C1. The zero-order valence-electron chi connectivity index (χ0n) is 6.05. The Kier molecular flexibility index (Phi) is 1.47. The standard InChI is InChI=1S/C6H10ClN3O/c7-5(9-11)10-3-6(4-10)1-8-2-6/h8,11H,1-4H2/b9-5-. The topological polar surface area (TPSA) is 47.9 Å². The fourth-order valence-electron chi connectivity index (χ4n) is 1.66. The molecule has 2 aliphatic rings. The van der Waals surface area contributed by atoms with Crippen LogP contribution in [0.3, 0.4) is 0 Å². The summed E-state index contributed by atoms with van der Waals surface area (Å²) in [5.74, 6) is 0. The van der Waals surface area contributed by atoms with Crippen molar-refractivity contribution >= 4 is 16.9 Å². The second-order valence-electron chi connectivity index (χ2n) is 3.33. The van der Waals surface area contributed by atoms with Crippen LogP contribution in [-0.4, -0.2) is 41.6 Å². The average Bonchev–Trinajstić information content (AvgIpc) is 1.81. The first-order valence-corrected chi connectivity index (χ1v) is 3.97. The van der Waals surface area contributed by atoms with E-state index in [1.54, 1.807) is 0 Å². The number of amidine groups is 1. The van der Waals surface area contributed by atoms with Gasteiger partial charge in [-0.3, -0.25) is 0 Å². The molecule has 0 bridgehead atoms. The molecule has 0 aromatic heterocycles. The molecule has 2 aliphatic heterocycles. The molecule has 0 unspecified atom stereocenters. The van der Waals surface area contributed by atoms with Crippen molar-refractivity contribution in [2.24, 2.45) is 10.6 Å². The molecule has 0 radical (unpaired) electrons. The minimum Gasteiger partial charge on any atom is -0.408 e. The van der Waals surface area contributed by atoms with Gasteiger partial charge in [-0.25, -0.2) is 0 Å². The number of oxime groups is 1. The van der Waals surface area contributed by atoms with Gasteiger partial charge in [-0.05, 0) is 11.6 Å². The van der Waals surface area contributed by atoms with E-state index in [1.165, 1.54) is 0 Å². The van der Waals surface area contributed by atoms with Crippen molar-refractivity contribution in [1.82, 2.24) is 10.2 Å². The first kappa shape index (κ1) is 7.18. The molecule has 0 aliphatic carbocycles. The zero-order chi connectivity index (χ0) is 7.90. The molecule has 4 nitrogen and oxygen atoms in total. The van der Waals surface area contributed by atoms with Gasteiger partial charge in [-0.2, -0.15) is 0 Å². The lowest BCUT2D eigenvalue weighted by atomic mass is 9.75. The highest BCUT2D eigenvalue weighted by atomic mass is 35.5. The molecule has 0 amide bonds. The maximum atomic E-state index is 8.33. The minimum absolute atomic E-state index is 0.211. The number of nitrogens with one attached hydrogen (secondary N) is 1. The van der Waals surface area contributed by atoms with E-state index < -0.39 is 0 Å². The highest BCUT2D eigenvalue weighted by Crippen LogP contribution is 2.34. The number of halogens is 1. The summed E-state index contributed by atoms with van der Waals surface area (Å²) in [6.45, 7) is 3.98. The van der Waals surface area contributed by atoms with E-state index in [0.29, 0.717) is 5.41 Å². The Balaban J connectivity index is 1.87. The minimum atomic E-state index is 0.211. The lowest BCUT2D eigenvalue weighted by Gasteiger charge is -2.55. The Bertz CT molecular complexity index is 194. The van der Waals surface area contributed by atoms with Gasteiger partial charge < -0.3 is 15.4 Å². The van der Waals surface area contributed by atoms with E-state index >= 15 is 0 Å². The van der Waals surface area contributed by atoms with Crippen LogP contribution in [-0.2, 0) is 0 Å². The molecule has 0 atom stereocenters.